The highest BCUT2D eigenvalue weighted by Gasteiger charge is 2.64. The summed E-state index contributed by atoms with van der Waals surface area (Å²) in [5.74, 6) is -5.95. The fourth-order valence-electron chi connectivity index (χ4n) is 4.87. The minimum Gasteiger partial charge on any atom is -0.508 e. The van der Waals surface area contributed by atoms with E-state index in [1.54, 1.807) is 20.3 Å². The second-order valence-corrected chi connectivity index (χ2v) is 7.86. The summed E-state index contributed by atoms with van der Waals surface area (Å²) in [6, 6.07) is -1.06. The van der Waals surface area contributed by atoms with Crippen LogP contribution >= 0.6 is 0 Å². The quantitative estimate of drug-likeness (QED) is 0.457. The van der Waals surface area contributed by atoms with E-state index in [0.717, 1.165) is 0 Å². The Morgan fingerprint density at radius 2 is 2.00 bits per heavy atom. The molecular weight excluding hydrogens is 380 g/mol. The topological polar surface area (TPSA) is 167 Å². The van der Waals surface area contributed by atoms with Gasteiger partial charge in [-0.05, 0) is 32.9 Å². The first-order valence-electron chi connectivity index (χ1n) is 9.04. The van der Waals surface area contributed by atoms with Crippen molar-refractivity contribution in [3.05, 3.63) is 40.7 Å². The van der Waals surface area contributed by atoms with Gasteiger partial charge in [0, 0.05) is 23.3 Å². The fourth-order valence-corrected chi connectivity index (χ4v) is 4.87. The molecule has 29 heavy (non-hydrogen) atoms. The largest absolute Gasteiger partial charge is 0.508 e. The number of aromatic nitrogens is 2. The highest BCUT2D eigenvalue weighted by atomic mass is 16.3. The second kappa shape index (κ2) is 6.19. The lowest BCUT2D eigenvalue weighted by atomic mass is 9.58. The van der Waals surface area contributed by atoms with Crippen LogP contribution in [-0.2, 0) is 20.8 Å². The molecule has 10 nitrogen and oxygen atoms in total. The lowest BCUT2D eigenvalue weighted by Crippen LogP contribution is -2.65. The zero-order valence-electron chi connectivity index (χ0n) is 15.8. The maximum atomic E-state index is 13.4. The molecule has 0 spiro atoms. The van der Waals surface area contributed by atoms with Gasteiger partial charge in [-0.2, -0.15) is 0 Å². The molecule has 10 heteroatoms. The van der Waals surface area contributed by atoms with Crippen LogP contribution < -0.4 is 5.73 Å². The number of primary amides is 1. The molecule has 0 aliphatic heterocycles. The molecule has 1 heterocycles. The predicted octanol–water partition coefficient (Wildman–Crippen LogP) is -0.952. The van der Waals surface area contributed by atoms with Gasteiger partial charge < -0.3 is 21.1 Å². The smallest absolute Gasteiger partial charge is 0.255 e. The number of hydrogen-bond acceptors (Lipinski definition) is 9. The van der Waals surface area contributed by atoms with Crippen LogP contribution in [0.15, 0.2) is 29.4 Å². The molecule has 0 radical (unpaired) electrons. The van der Waals surface area contributed by atoms with Crippen LogP contribution in [0, 0.1) is 11.8 Å². The molecule has 0 aromatic carbocycles. The van der Waals surface area contributed by atoms with Gasteiger partial charge in [0.1, 0.15) is 29.1 Å². The summed E-state index contributed by atoms with van der Waals surface area (Å²) in [6.45, 7) is 0. The number of carbonyl (C=O) groups excluding carboxylic acids is 3. The Morgan fingerprint density at radius 1 is 1.31 bits per heavy atom. The van der Waals surface area contributed by atoms with E-state index in [-0.39, 0.29) is 17.7 Å². The first-order chi connectivity index (χ1) is 13.6. The summed E-state index contributed by atoms with van der Waals surface area (Å²) in [7, 11) is 3.14. The van der Waals surface area contributed by atoms with Crippen LogP contribution in [0.1, 0.15) is 17.7 Å². The van der Waals surface area contributed by atoms with Crippen molar-refractivity contribution < 1.29 is 29.7 Å². The molecule has 4 rings (SSSR count). The summed E-state index contributed by atoms with van der Waals surface area (Å²) in [5, 5.41) is 32.7. The predicted molar refractivity (Wildman–Crippen MR) is 98.2 cm³/mol. The molecule has 5 N–H and O–H groups in total. The van der Waals surface area contributed by atoms with Gasteiger partial charge in [0.05, 0.1) is 6.04 Å². The van der Waals surface area contributed by atoms with E-state index in [2.05, 4.69) is 9.97 Å². The number of rotatable bonds is 2. The Labute approximate surface area is 165 Å². The first kappa shape index (κ1) is 19.2. The number of Topliss-reactive ketones (excluding diaryl/α,β-unsaturated/α-hetero) is 2. The van der Waals surface area contributed by atoms with Crippen molar-refractivity contribution in [2.75, 3.05) is 14.1 Å². The number of nitrogens with two attached hydrogens (primary N) is 1. The van der Waals surface area contributed by atoms with Crippen LogP contribution in [0.2, 0.25) is 0 Å². The lowest BCUT2D eigenvalue weighted by Gasteiger charge is -2.50. The number of fused-ring (bicyclic) bond motifs is 3. The van der Waals surface area contributed by atoms with Gasteiger partial charge in [-0.15, -0.1) is 0 Å². The molecule has 3 aliphatic rings. The Hall–Kier alpha value is -3.11. The van der Waals surface area contributed by atoms with Gasteiger partial charge in [0.25, 0.3) is 5.91 Å². The standard InChI is InChI=1S/C19H20N4O6/c1-23(2)13-9-4-7-3-8-5-21-6-22-12(8)14(24)10(7)16(26)19(9,29)17(27)11(15(13)25)18(20)28/h5-7,9,13,24,27,29H,3-4H2,1-2H3,(H2,20,28)/t7-,9-,13-,19-/m0/s1. The zero-order valence-corrected chi connectivity index (χ0v) is 15.8. The number of likely N-dealkylation sites (N-methyl/N-ethyl adjacent to an activating group) is 1. The molecule has 3 aliphatic carbocycles. The maximum Gasteiger partial charge on any atom is 0.255 e. The summed E-state index contributed by atoms with van der Waals surface area (Å²) in [4.78, 5) is 47.6. The van der Waals surface area contributed by atoms with Crippen LogP contribution in [0.25, 0.3) is 5.76 Å². The van der Waals surface area contributed by atoms with E-state index in [1.165, 1.54) is 11.2 Å². The third-order valence-corrected chi connectivity index (χ3v) is 6.10. The second-order valence-electron chi connectivity index (χ2n) is 7.86. The Bertz CT molecular complexity index is 1030. The van der Waals surface area contributed by atoms with Crippen molar-refractivity contribution in [3.8, 4) is 0 Å². The van der Waals surface area contributed by atoms with Gasteiger partial charge in [0.15, 0.2) is 11.4 Å². The third-order valence-electron chi connectivity index (χ3n) is 6.10. The van der Waals surface area contributed by atoms with Crippen molar-refractivity contribution in [2.24, 2.45) is 17.6 Å². The van der Waals surface area contributed by atoms with E-state index in [1.807, 2.05) is 0 Å². The zero-order chi connectivity index (χ0) is 21.2. The average Bonchev–Trinajstić information content (AvgIpc) is 2.64. The monoisotopic (exact) mass is 400 g/mol. The van der Waals surface area contributed by atoms with Crippen molar-refractivity contribution >= 4 is 23.2 Å². The number of carbonyl (C=O) groups is 3. The number of amides is 1. The van der Waals surface area contributed by atoms with E-state index < -0.39 is 58.0 Å². The third kappa shape index (κ3) is 2.39. The van der Waals surface area contributed by atoms with Crippen molar-refractivity contribution in [3.63, 3.8) is 0 Å². The normalized spacial score (nSPS) is 31.5. The highest BCUT2D eigenvalue weighted by Crippen LogP contribution is 2.51. The summed E-state index contributed by atoms with van der Waals surface area (Å²) >= 11 is 0. The number of aliphatic hydroxyl groups is 3. The van der Waals surface area contributed by atoms with Gasteiger partial charge in [-0.25, -0.2) is 9.97 Å². The molecule has 0 unspecified atom stereocenters. The SMILES string of the molecule is CN(C)[C@@H]1C(=O)C(C(N)=O)=C(O)[C@@]2(O)C(=O)C3=C(O)c4ncncc4C[C@H]3C[C@@H]12. The van der Waals surface area contributed by atoms with Gasteiger partial charge in [0.2, 0.25) is 5.78 Å². The summed E-state index contributed by atoms with van der Waals surface area (Å²) in [6.07, 6.45) is 3.21. The molecule has 152 valence electrons. The number of nitrogens with zero attached hydrogens (tertiary/aromatic N) is 3. The fraction of sp³-hybridized carbons (Fsp3) is 0.421. The Balaban J connectivity index is 1.97. The minimum atomic E-state index is -2.56. The van der Waals surface area contributed by atoms with Crippen molar-refractivity contribution in [1.82, 2.24) is 14.9 Å². The lowest BCUT2D eigenvalue weighted by molar-refractivity contribution is -0.153. The molecule has 0 bridgehead atoms. The molecule has 1 aromatic rings. The molecule has 1 aromatic heterocycles. The molecule has 0 saturated heterocycles. The van der Waals surface area contributed by atoms with Crippen molar-refractivity contribution in [2.45, 2.75) is 24.5 Å². The van der Waals surface area contributed by atoms with Gasteiger partial charge in [-0.3, -0.25) is 19.3 Å². The average molecular weight is 400 g/mol. The molecule has 1 saturated carbocycles. The van der Waals surface area contributed by atoms with E-state index >= 15 is 0 Å². The maximum absolute atomic E-state index is 13.4. The van der Waals surface area contributed by atoms with Crippen LogP contribution in [0.4, 0.5) is 0 Å². The number of aliphatic hydroxyl groups excluding tert-OH is 2. The molecule has 1 fully saturated rings. The van der Waals surface area contributed by atoms with Gasteiger partial charge in [-0.1, -0.05) is 0 Å². The molecular formula is C19H20N4O6. The van der Waals surface area contributed by atoms with E-state index in [0.29, 0.717) is 12.0 Å². The minimum absolute atomic E-state index is 0.0859. The Morgan fingerprint density at radius 3 is 2.62 bits per heavy atom. The summed E-state index contributed by atoms with van der Waals surface area (Å²) in [5.41, 5.74) is 2.63. The van der Waals surface area contributed by atoms with Crippen LogP contribution in [0.3, 0.4) is 0 Å². The molecule has 4 atom stereocenters. The summed E-state index contributed by atoms with van der Waals surface area (Å²) < 4.78 is 0. The number of hydrogen-bond donors (Lipinski definition) is 4. The molecule has 1 amide bonds. The van der Waals surface area contributed by atoms with E-state index in [4.69, 9.17) is 5.73 Å². The van der Waals surface area contributed by atoms with Crippen LogP contribution in [0.5, 0.6) is 0 Å². The van der Waals surface area contributed by atoms with Crippen LogP contribution in [-0.4, -0.2) is 73.4 Å². The Kier molecular flexibility index (Phi) is 4.10. The number of ketones is 2. The van der Waals surface area contributed by atoms with Crippen molar-refractivity contribution in [1.29, 1.82) is 0 Å². The van der Waals surface area contributed by atoms with E-state index in [9.17, 15) is 29.7 Å². The highest BCUT2D eigenvalue weighted by molar-refractivity contribution is 6.24. The first-order valence-corrected chi connectivity index (χ1v) is 9.04. The van der Waals surface area contributed by atoms with Gasteiger partial charge >= 0.3 is 0 Å².